The van der Waals surface area contributed by atoms with Gasteiger partial charge in [-0.3, -0.25) is 0 Å². The molecule has 0 aliphatic rings. The molecule has 4 nitrogen and oxygen atoms in total. The summed E-state index contributed by atoms with van der Waals surface area (Å²) >= 11 is 1.60. The van der Waals surface area contributed by atoms with Gasteiger partial charge in [0, 0.05) is 12.3 Å². The third-order valence-corrected chi connectivity index (χ3v) is 4.15. The van der Waals surface area contributed by atoms with Crippen LogP contribution in [0.1, 0.15) is 30.7 Å². The van der Waals surface area contributed by atoms with Crippen molar-refractivity contribution in [1.82, 2.24) is 9.55 Å². The highest BCUT2D eigenvalue weighted by Crippen LogP contribution is 2.25. The summed E-state index contributed by atoms with van der Waals surface area (Å²) in [4.78, 5) is 4.39. The van der Waals surface area contributed by atoms with Crippen LogP contribution in [0.2, 0.25) is 0 Å². The predicted octanol–water partition coefficient (Wildman–Crippen LogP) is 3.20. The summed E-state index contributed by atoms with van der Waals surface area (Å²) in [5.74, 6) is 1.18. The number of thioether (sulfide) groups is 1. The smallest absolute Gasteiger partial charge is 0.168 e. The van der Waals surface area contributed by atoms with Gasteiger partial charge in [0.15, 0.2) is 5.16 Å². The molecule has 5 heteroatoms. The molecule has 1 heterocycles. The van der Waals surface area contributed by atoms with Gasteiger partial charge >= 0.3 is 0 Å². The zero-order valence-corrected chi connectivity index (χ0v) is 13.1. The van der Waals surface area contributed by atoms with Gasteiger partial charge in [-0.2, -0.15) is 5.26 Å². The average molecular weight is 301 g/mol. The van der Waals surface area contributed by atoms with Crippen LogP contribution in [0.4, 0.5) is 0 Å². The van der Waals surface area contributed by atoms with Crippen LogP contribution in [-0.2, 0) is 18.9 Å². The van der Waals surface area contributed by atoms with Crippen molar-refractivity contribution in [3.05, 3.63) is 47.3 Å². The maximum absolute atomic E-state index is 9.40. The number of benzene rings is 1. The minimum atomic E-state index is -0.00490. The molecule has 1 N–H and O–H groups in total. The first kappa shape index (κ1) is 15.6. The van der Waals surface area contributed by atoms with Crippen molar-refractivity contribution >= 4 is 11.8 Å². The van der Waals surface area contributed by atoms with Crippen LogP contribution in [0.15, 0.2) is 35.6 Å². The van der Waals surface area contributed by atoms with E-state index in [1.807, 2.05) is 24.3 Å². The highest BCUT2D eigenvalue weighted by atomic mass is 32.2. The average Bonchev–Trinajstić information content (AvgIpc) is 2.86. The minimum absolute atomic E-state index is 0.00490. The van der Waals surface area contributed by atoms with E-state index in [0.717, 1.165) is 23.0 Å². The molecule has 0 aliphatic carbocycles. The maximum Gasteiger partial charge on any atom is 0.168 e. The van der Waals surface area contributed by atoms with E-state index in [9.17, 15) is 5.11 Å². The Morgan fingerprint density at radius 2 is 2.14 bits per heavy atom. The molecule has 0 fully saturated rings. The standard InChI is InChI=1S/C16H19N3OS/c1-12(2)9-19-15(10-20)8-18-16(19)21-11-14-6-4-3-5-13(14)7-17/h3-6,8,12,20H,9-11H2,1-2H3. The molecule has 0 saturated heterocycles. The molecule has 2 aromatic rings. The normalized spacial score (nSPS) is 10.8. The molecule has 110 valence electrons. The predicted molar refractivity (Wildman–Crippen MR) is 83.7 cm³/mol. The van der Waals surface area contributed by atoms with Crippen LogP contribution in [-0.4, -0.2) is 14.7 Å². The van der Waals surface area contributed by atoms with Crippen molar-refractivity contribution in [1.29, 1.82) is 5.26 Å². The molecule has 0 amide bonds. The van der Waals surface area contributed by atoms with Crippen molar-refractivity contribution in [3.8, 4) is 6.07 Å². The summed E-state index contributed by atoms with van der Waals surface area (Å²) in [6.45, 7) is 5.11. The molecule has 0 atom stereocenters. The molecular formula is C16H19N3OS. The van der Waals surface area contributed by atoms with Gasteiger partial charge in [0.1, 0.15) is 0 Å². The van der Waals surface area contributed by atoms with Gasteiger partial charge in [-0.15, -0.1) is 0 Å². The first-order valence-electron chi connectivity index (χ1n) is 6.91. The monoisotopic (exact) mass is 301 g/mol. The number of aromatic nitrogens is 2. The van der Waals surface area contributed by atoms with Crippen molar-refractivity contribution in [2.75, 3.05) is 0 Å². The lowest BCUT2D eigenvalue weighted by Crippen LogP contribution is -2.09. The lowest BCUT2D eigenvalue weighted by atomic mass is 10.1. The van der Waals surface area contributed by atoms with E-state index in [2.05, 4.69) is 29.5 Å². The van der Waals surface area contributed by atoms with Crippen LogP contribution in [0.3, 0.4) is 0 Å². The quantitative estimate of drug-likeness (QED) is 0.832. The molecule has 0 spiro atoms. The fourth-order valence-electron chi connectivity index (χ4n) is 2.09. The first-order chi connectivity index (χ1) is 10.2. The Labute approximate surface area is 129 Å². The number of imidazole rings is 1. The highest BCUT2D eigenvalue weighted by Gasteiger charge is 2.12. The van der Waals surface area contributed by atoms with E-state index >= 15 is 0 Å². The molecule has 0 aliphatic heterocycles. The minimum Gasteiger partial charge on any atom is -0.390 e. The summed E-state index contributed by atoms with van der Waals surface area (Å²) < 4.78 is 2.06. The van der Waals surface area contributed by atoms with E-state index in [1.54, 1.807) is 18.0 Å². The van der Waals surface area contributed by atoms with Crippen LogP contribution in [0.25, 0.3) is 0 Å². The van der Waals surface area contributed by atoms with Gasteiger partial charge in [-0.1, -0.05) is 43.8 Å². The van der Waals surface area contributed by atoms with E-state index in [0.29, 0.717) is 17.2 Å². The number of hydrogen-bond acceptors (Lipinski definition) is 4. The Bertz CT molecular complexity index is 643. The molecule has 1 aromatic heterocycles. The Morgan fingerprint density at radius 1 is 1.38 bits per heavy atom. The lowest BCUT2D eigenvalue weighted by Gasteiger charge is -2.13. The molecule has 0 saturated carbocycles. The van der Waals surface area contributed by atoms with E-state index in [-0.39, 0.29) is 6.61 Å². The molecule has 0 unspecified atom stereocenters. The van der Waals surface area contributed by atoms with Gasteiger partial charge in [-0.25, -0.2) is 4.98 Å². The summed E-state index contributed by atoms with van der Waals surface area (Å²) in [6, 6.07) is 9.82. The number of nitriles is 1. The summed E-state index contributed by atoms with van der Waals surface area (Å²) in [5, 5.41) is 19.4. The van der Waals surface area contributed by atoms with Crippen LogP contribution < -0.4 is 0 Å². The number of hydrogen-bond donors (Lipinski definition) is 1. The van der Waals surface area contributed by atoms with Crippen molar-refractivity contribution in [2.24, 2.45) is 5.92 Å². The second-order valence-corrected chi connectivity index (χ2v) is 6.19. The Kier molecular flexibility index (Phi) is 5.43. The van der Waals surface area contributed by atoms with E-state index < -0.39 is 0 Å². The van der Waals surface area contributed by atoms with Gasteiger partial charge in [0.2, 0.25) is 0 Å². The van der Waals surface area contributed by atoms with E-state index in [1.165, 1.54) is 0 Å². The third kappa shape index (κ3) is 3.87. The fourth-order valence-corrected chi connectivity index (χ4v) is 3.10. The summed E-state index contributed by atoms with van der Waals surface area (Å²) in [7, 11) is 0. The van der Waals surface area contributed by atoms with Crippen LogP contribution in [0.5, 0.6) is 0 Å². The van der Waals surface area contributed by atoms with Gasteiger partial charge in [-0.05, 0) is 17.5 Å². The lowest BCUT2D eigenvalue weighted by molar-refractivity contribution is 0.266. The van der Waals surface area contributed by atoms with Crippen molar-refractivity contribution in [3.63, 3.8) is 0 Å². The molecule has 21 heavy (non-hydrogen) atoms. The molecule has 0 bridgehead atoms. The second-order valence-electron chi connectivity index (χ2n) is 5.25. The molecule has 2 rings (SSSR count). The zero-order chi connectivity index (χ0) is 15.2. The Morgan fingerprint density at radius 3 is 2.81 bits per heavy atom. The molecular weight excluding hydrogens is 282 g/mol. The highest BCUT2D eigenvalue weighted by molar-refractivity contribution is 7.98. The second kappa shape index (κ2) is 7.30. The number of nitrogens with zero attached hydrogens (tertiary/aromatic N) is 3. The number of aliphatic hydroxyl groups is 1. The largest absolute Gasteiger partial charge is 0.390 e. The van der Waals surface area contributed by atoms with Crippen LogP contribution in [0, 0.1) is 17.2 Å². The van der Waals surface area contributed by atoms with Gasteiger partial charge < -0.3 is 9.67 Å². The molecule has 0 radical (unpaired) electrons. The van der Waals surface area contributed by atoms with Crippen molar-refractivity contribution < 1.29 is 5.11 Å². The van der Waals surface area contributed by atoms with Gasteiger partial charge in [0.05, 0.1) is 30.1 Å². The van der Waals surface area contributed by atoms with Gasteiger partial charge in [0.25, 0.3) is 0 Å². The first-order valence-corrected chi connectivity index (χ1v) is 7.90. The SMILES string of the molecule is CC(C)Cn1c(CO)cnc1SCc1ccccc1C#N. The fraction of sp³-hybridized carbons (Fsp3) is 0.375. The van der Waals surface area contributed by atoms with Crippen molar-refractivity contribution in [2.45, 2.75) is 37.9 Å². The number of aliphatic hydroxyl groups excluding tert-OH is 1. The third-order valence-electron chi connectivity index (χ3n) is 3.11. The topological polar surface area (TPSA) is 61.8 Å². The zero-order valence-electron chi connectivity index (χ0n) is 12.3. The maximum atomic E-state index is 9.40. The molecule has 1 aromatic carbocycles. The van der Waals surface area contributed by atoms with E-state index in [4.69, 9.17) is 5.26 Å². The Hall–Kier alpha value is -1.77. The number of rotatable bonds is 6. The van der Waals surface area contributed by atoms with Crippen LogP contribution >= 0.6 is 11.8 Å². The summed E-state index contributed by atoms with van der Waals surface area (Å²) in [6.07, 6.45) is 1.72. The summed E-state index contributed by atoms with van der Waals surface area (Å²) in [5.41, 5.74) is 2.55. The Balaban J connectivity index is 2.17.